The molecule has 1 amide bonds. The van der Waals surface area contributed by atoms with Crippen molar-refractivity contribution in [3.05, 3.63) is 18.5 Å². The smallest absolute Gasteiger partial charge is 0.404 e. The summed E-state index contributed by atoms with van der Waals surface area (Å²) >= 11 is 4.65. The Bertz CT molecular complexity index is 545. The van der Waals surface area contributed by atoms with Gasteiger partial charge in [0.2, 0.25) is 0 Å². The predicted octanol–water partition coefficient (Wildman–Crippen LogP) is 2.30. The van der Waals surface area contributed by atoms with Crippen LogP contribution in [0.3, 0.4) is 0 Å². The highest BCUT2D eigenvalue weighted by Crippen LogP contribution is 2.30. The van der Waals surface area contributed by atoms with Gasteiger partial charge in [-0.3, -0.25) is 4.98 Å². The molecule has 20 heavy (non-hydrogen) atoms. The lowest BCUT2D eigenvalue weighted by molar-refractivity contribution is 0.186. The zero-order chi connectivity index (χ0) is 14.5. The van der Waals surface area contributed by atoms with Gasteiger partial charge >= 0.3 is 6.09 Å². The molecule has 1 aromatic heterocycles. The largest absolute Gasteiger partial charge is 0.465 e. The standard InChI is InChI=1S/C13H16N4O2S/c1-9-4-10(16-13(18)19)7-17(6-9)12-2-3-14-5-11(12)15-8-20/h2-3,5,9-10,16H,4,6-7H2,1H3,(H,18,19). The van der Waals surface area contributed by atoms with E-state index in [-0.39, 0.29) is 6.04 Å². The molecule has 2 rings (SSSR count). The summed E-state index contributed by atoms with van der Waals surface area (Å²) in [6.07, 6.45) is 3.17. The molecule has 0 saturated carbocycles. The molecule has 2 atom stereocenters. The molecule has 1 fully saturated rings. The molecule has 106 valence electrons. The Morgan fingerprint density at radius 2 is 2.45 bits per heavy atom. The SMILES string of the molecule is CC1CC(NC(=O)O)CN(c2ccncc2N=C=S)C1. The third-order valence-electron chi connectivity index (χ3n) is 3.27. The molecular formula is C13H16N4O2S. The second-order valence-electron chi connectivity index (χ2n) is 4.96. The first-order valence-corrected chi connectivity index (χ1v) is 6.77. The van der Waals surface area contributed by atoms with Crippen molar-refractivity contribution in [2.45, 2.75) is 19.4 Å². The highest BCUT2D eigenvalue weighted by molar-refractivity contribution is 7.78. The second kappa shape index (κ2) is 6.45. The minimum absolute atomic E-state index is 0.0891. The number of hydrogen-bond acceptors (Lipinski definition) is 5. The molecule has 0 radical (unpaired) electrons. The summed E-state index contributed by atoms with van der Waals surface area (Å²) in [5.41, 5.74) is 1.56. The van der Waals surface area contributed by atoms with Gasteiger partial charge < -0.3 is 15.3 Å². The van der Waals surface area contributed by atoms with Crippen LogP contribution in [-0.2, 0) is 0 Å². The number of anilines is 1. The van der Waals surface area contributed by atoms with Gasteiger partial charge in [-0.15, -0.1) is 0 Å². The van der Waals surface area contributed by atoms with Gasteiger partial charge in [0.05, 0.1) is 17.0 Å². The van der Waals surface area contributed by atoms with E-state index in [2.05, 4.69) is 44.5 Å². The number of aliphatic imine (C=N–C) groups is 1. The zero-order valence-electron chi connectivity index (χ0n) is 11.1. The van der Waals surface area contributed by atoms with Crippen molar-refractivity contribution in [1.82, 2.24) is 10.3 Å². The third-order valence-corrected chi connectivity index (χ3v) is 3.36. The molecule has 1 aliphatic heterocycles. The normalized spacial score (nSPS) is 21.9. The van der Waals surface area contributed by atoms with Crippen molar-refractivity contribution in [2.75, 3.05) is 18.0 Å². The maximum Gasteiger partial charge on any atom is 0.404 e. The first-order chi connectivity index (χ1) is 9.60. The number of thiocarbonyl (C=S) groups is 1. The van der Waals surface area contributed by atoms with Crippen molar-refractivity contribution in [2.24, 2.45) is 10.9 Å². The molecular weight excluding hydrogens is 276 g/mol. The van der Waals surface area contributed by atoms with E-state index in [1.165, 1.54) is 0 Å². The molecule has 6 nitrogen and oxygen atoms in total. The van der Waals surface area contributed by atoms with Gasteiger partial charge in [-0.05, 0) is 30.6 Å². The molecule has 1 aromatic rings. The molecule has 1 saturated heterocycles. The van der Waals surface area contributed by atoms with Gasteiger partial charge in [-0.25, -0.2) is 4.79 Å². The fraction of sp³-hybridized carbons (Fsp3) is 0.462. The first kappa shape index (κ1) is 14.4. The molecule has 0 bridgehead atoms. The van der Waals surface area contributed by atoms with Crippen LogP contribution in [-0.4, -0.2) is 40.5 Å². The summed E-state index contributed by atoms with van der Waals surface area (Å²) in [7, 11) is 0. The number of rotatable bonds is 3. The van der Waals surface area contributed by atoms with Gasteiger partial charge in [-0.1, -0.05) is 6.92 Å². The quantitative estimate of drug-likeness (QED) is 0.660. The predicted molar refractivity (Wildman–Crippen MR) is 79.9 cm³/mol. The molecule has 7 heteroatoms. The average molecular weight is 292 g/mol. The van der Waals surface area contributed by atoms with Gasteiger partial charge in [0.25, 0.3) is 0 Å². The fourth-order valence-electron chi connectivity index (χ4n) is 2.61. The van der Waals surface area contributed by atoms with Gasteiger partial charge in [0, 0.05) is 25.3 Å². The van der Waals surface area contributed by atoms with Crippen LogP contribution in [0.1, 0.15) is 13.3 Å². The number of nitrogens with zero attached hydrogens (tertiary/aromatic N) is 3. The molecule has 2 N–H and O–H groups in total. The molecule has 0 aliphatic carbocycles. The summed E-state index contributed by atoms with van der Waals surface area (Å²) in [5, 5.41) is 13.8. The number of isothiocyanates is 1. The summed E-state index contributed by atoms with van der Waals surface area (Å²) in [6.45, 7) is 3.56. The summed E-state index contributed by atoms with van der Waals surface area (Å²) in [5.74, 6) is 0.387. The molecule has 0 aromatic carbocycles. The van der Waals surface area contributed by atoms with Crippen LogP contribution in [0.5, 0.6) is 0 Å². The van der Waals surface area contributed by atoms with Crippen molar-refractivity contribution >= 4 is 34.8 Å². The number of nitrogens with one attached hydrogen (secondary N) is 1. The highest BCUT2D eigenvalue weighted by Gasteiger charge is 2.27. The Morgan fingerprint density at radius 1 is 1.65 bits per heavy atom. The van der Waals surface area contributed by atoms with Crippen LogP contribution >= 0.6 is 12.2 Å². The molecule has 2 heterocycles. The number of aromatic nitrogens is 1. The lowest BCUT2D eigenvalue weighted by Crippen LogP contribution is -2.50. The van der Waals surface area contributed by atoms with Crippen LogP contribution < -0.4 is 10.2 Å². The van der Waals surface area contributed by atoms with E-state index in [1.54, 1.807) is 12.4 Å². The van der Waals surface area contributed by atoms with Crippen LogP contribution in [0.15, 0.2) is 23.5 Å². The number of carbonyl (C=O) groups is 1. The highest BCUT2D eigenvalue weighted by atomic mass is 32.1. The van der Waals surface area contributed by atoms with E-state index in [0.29, 0.717) is 18.2 Å². The van der Waals surface area contributed by atoms with E-state index in [9.17, 15) is 4.79 Å². The van der Waals surface area contributed by atoms with E-state index in [4.69, 9.17) is 5.11 Å². The minimum atomic E-state index is -0.990. The van der Waals surface area contributed by atoms with E-state index in [0.717, 1.165) is 18.7 Å². The van der Waals surface area contributed by atoms with Crippen molar-refractivity contribution in [1.29, 1.82) is 0 Å². The Hall–Kier alpha value is -1.98. The Balaban J connectivity index is 2.23. The number of pyridine rings is 1. The van der Waals surface area contributed by atoms with Crippen molar-refractivity contribution < 1.29 is 9.90 Å². The summed E-state index contributed by atoms with van der Waals surface area (Å²) in [6, 6.07) is 1.77. The van der Waals surface area contributed by atoms with Crippen LogP contribution in [0.2, 0.25) is 0 Å². The van der Waals surface area contributed by atoms with Crippen molar-refractivity contribution in [3.63, 3.8) is 0 Å². The van der Waals surface area contributed by atoms with Gasteiger partial charge in [0.1, 0.15) is 5.69 Å². The average Bonchev–Trinajstić information content (AvgIpc) is 2.38. The van der Waals surface area contributed by atoms with Gasteiger partial charge in [-0.2, -0.15) is 4.99 Å². The third kappa shape index (κ3) is 3.53. The van der Waals surface area contributed by atoms with Gasteiger partial charge in [0.15, 0.2) is 0 Å². The minimum Gasteiger partial charge on any atom is -0.465 e. The van der Waals surface area contributed by atoms with Crippen molar-refractivity contribution in [3.8, 4) is 0 Å². The summed E-state index contributed by atoms with van der Waals surface area (Å²) in [4.78, 5) is 21.0. The fourth-order valence-corrected chi connectivity index (χ4v) is 2.71. The maximum atomic E-state index is 10.8. The van der Waals surface area contributed by atoms with Crippen LogP contribution in [0, 0.1) is 5.92 Å². The summed E-state index contributed by atoms with van der Waals surface area (Å²) < 4.78 is 0. The van der Waals surface area contributed by atoms with E-state index >= 15 is 0 Å². The lowest BCUT2D eigenvalue weighted by atomic mass is 9.95. The number of hydrogen-bond donors (Lipinski definition) is 2. The number of carboxylic acid groups (broad SMARTS) is 1. The Labute approximate surface area is 122 Å². The monoisotopic (exact) mass is 292 g/mol. The molecule has 1 aliphatic rings. The zero-order valence-corrected chi connectivity index (χ0v) is 11.9. The topological polar surface area (TPSA) is 77.8 Å². The molecule has 0 spiro atoms. The second-order valence-corrected chi connectivity index (χ2v) is 5.14. The number of amides is 1. The van der Waals surface area contributed by atoms with E-state index < -0.39 is 6.09 Å². The van der Waals surface area contributed by atoms with Crippen LogP contribution in [0.25, 0.3) is 0 Å². The Kier molecular flexibility index (Phi) is 4.65. The first-order valence-electron chi connectivity index (χ1n) is 6.36. The molecule has 2 unspecified atom stereocenters. The van der Waals surface area contributed by atoms with E-state index in [1.807, 2.05) is 6.07 Å². The number of piperidine rings is 1. The maximum absolute atomic E-state index is 10.8. The Morgan fingerprint density at radius 3 is 3.15 bits per heavy atom. The van der Waals surface area contributed by atoms with Crippen LogP contribution in [0.4, 0.5) is 16.2 Å². The lowest BCUT2D eigenvalue weighted by Gasteiger charge is -2.38.